The summed E-state index contributed by atoms with van der Waals surface area (Å²) in [5.74, 6) is -1.31. The van der Waals surface area contributed by atoms with E-state index in [2.05, 4.69) is 4.98 Å². The van der Waals surface area contributed by atoms with E-state index in [-0.39, 0.29) is 5.75 Å². The average molecular weight is 279 g/mol. The number of nitrogens with zero attached hydrogens (tertiary/aromatic N) is 1. The minimum Gasteiger partial charge on any atom is -0.494 e. The third-order valence-electron chi connectivity index (χ3n) is 2.31. The molecule has 0 aliphatic heterocycles. The van der Waals surface area contributed by atoms with E-state index in [4.69, 9.17) is 9.84 Å². The zero-order valence-corrected chi connectivity index (χ0v) is 10.8. The molecule has 0 aliphatic rings. The van der Waals surface area contributed by atoms with Crippen molar-refractivity contribution < 1.29 is 19.0 Å². The molecule has 0 saturated carbocycles. The molecular formula is C13H10FNO3S. The maximum Gasteiger partial charge on any atom is 0.328 e. The largest absolute Gasteiger partial charge is 0.494 e. The van der Waals surface area contributed by atoms with Crippen LogP contribution in [0.3, 0.4) is 0 Å². The molecule has 2 aromatic rings. The second-order valence-corrected chi connectivity index (χ2v) is 4.65. The van der Waals surface area contributed by atoms with Gasteiger partial charge < -0.3 is 9.84 Å². The zero-order valence-electron chi connectivity index (χ0n) is 9.96. The molecule has 0 unspecified atom stereocenters. The van der Waals surface area contributed by atoms with Gasteiger partial charge in [-0.05, 0) is 24.3 Å². The van der Waals surface area contributed by atoms with Gasteiger partial charge in [0.2, 0.25) is 0 Å². The van der Waals surface area contributed by atoms with Crippen LogP contribution < -0.4 is 4.74 Å². The Balaban J connectivity index is 2.27. The van der Waals surface area contributed by atoms with E-state index in [0.717, 1.165) is 6.08 Å². The Morgan fingerprint density at radius 2 is 2.32 bits per heavy atom. The van der Waals surface area contributed by atoms with Crippen LogP contribution in [-0.2, 0) is 4.79 Å². The first-order valence-corrected chi connectivity index (χ1v) is 6.12. The molecule has 98 valence electrons. The summed E-state index contributed by atoms with van der Waals surface area (Å²) >= 11 is 1.28. The van der Waals surface area contributed by atoms with Crippen LogP contribution in [0.5, 0.6) is 5.75 Å². The van der Waals surface area contributed by atoms with Crippen LogP contribution in [-0.4, -0.2) is 23.2 Å². The summed E-state index contributed by atoms with van der Waals surface area (Å²) in [6.07, 6.45) is 4.02. The van der Waals surface area contributed by atoms with Crippen LogP contribution >= 0.6 is 11.3 Å². The number of carboxylic acid groups (broad SMARTS) is 1. The van der Waals surface area contributed by atoms with Crippen LogP contribution in [0.15, 0.2) is 30.5 Å². The van der Waals surface area contributed by atoms with E-state index < -0.39 is 11.8 Å². The lowest BCUT2D eigenvalue weighted by atomic mass is 10.2. The summed E-state index contributed by atoms with van der Waals surface area (Å²) in [5.41, 5.74) is 0.623. The lowest BCUT2D eigenvalue weighted by Gasteiger charge is -2.02. The summed E-state index contributed by atoms with van der Waals surface area (Å²) in [4.78, 5) is 15.2. The van der Waals surface area contributed by atoms with Crippen LogP contribution in [0.2, 0.25) is 0 Å². The number of ether oxygens (including phenoxy) is 1. The highest BCUT2D eigenvalue weighted by Gasteiger charge is 2.08. The molecule has 0 amide bonds. The van der Waals surface area contributed by atoms with Crippen molar-refractivity contribution in [2.24, 2.45) is 0 Å². The molecule has 1 heterocycles. The molecule has 6 heteroatoms. The lowest BCUT2D eigenvalue weighted by molar-refractivity contribution is -0.131. The van der Waals surface area contributed by atoms with Gasteiger partial charge in [0.1, 0.15) is 5.01 Å². The standard InChI is InChI=1S/C13H10FNO3S/c1-18-11-4-2-8(6-10(11)14)13-15-7-9(19-13)3-5-12(16)17/h2-7H,1H3,(H,16,17)/b5-3+. The smallest absolute Gasteiger partial charge is 0.328 e. The summed E-state index contributed by atoms with van der Waals surface area (Å²) < 4.78 is 18.4. The second kappa shape index (κ2) is 5.62. The van der Waals surface area contributed by atoms with Gasteiger partial charge in [-0.3, -0.25) is 0 Å². The zero-order chi connectivity index (χ0) is 13.8. The van der Waals surface area contributed by atoms with Crippen molar-refractivity contribution in [3.05, 3.63) is 41.2 Å². The van der Waals surface area contributed by atoms with Crippen molar-refractivity contribution in [1.82, 2.24) is 4.98 Å². The van der Waals surface area contributed by atoms with E-state index >= 15 is 0 Å². The third-order valence-corrected chi connectivity index (χ3v) is 3.32. The Bertz CT molecular complexity index is 637. The molecule has 0 spiro atoms. The van der Waals surface area contributed by atoms with Crippen molar-refractivity contribution in [2.45, 2.75) is 0 Å². The number of aromatic nitrogens is 1. The fourth-order valence-electron chi connectivity index (χ4n) is 1.45. The van der Waals surface area contributed by atoms with Gasteiger partial charge >= 0.3 is 5.97 Å². The number of carboxylic acids is 1. The molecule has 0 aliphatic carbocycles. The first-order chi connectivity index (χ1) is 9.10. The number of aliphatic carboxylic acids is 1. The van der Waals surface area contributed by atoms with E-state index in [1.165, 1.54) is 36.7 Å². The fraction of sp³-hybridized carbons (Fsp3) is 0.0769. The number of rotatable bonds is 4. The van der Waals surface area contributed by atoms with Gasteiger partial charge in [-0.15, -0.1) is 11.3 Å². The monoisotopic (exact) mass is 279 g/mol. The van der Waals surface area contributed by atoms with Crippen LogP contribution in [0.25, 0.3) is 16.6 Å². The van der Waals surface area contributed by atoms with Crippen LogP contribution in [0, 0.1) is 5.82 Å². The molecule has 0 radical (unpaired) electrons. The summed E-state index contributed by atoms with van der Waals surface area (Å²) in [7, 11) is 1.40. The van der Waals surface area contributed by atoms with Gasteiger partial charge in [-0.1, -0.05) is 0 Å². The van der Waals surface area contributed by atoms with Crippen molar-refractivity contribution in [3.63, 3.8) is 0 Å². The highest BCUT2D eigenvalue weighted by atomic mass is 32.1. The van der Waals surface area contributed by atoms with Gasteiger partial charge in [0, 0.05) is 22.7 Å². The number of thiazole rings is 1. The van der Waals surface area contributed by atoms with E-state index in [1.807, 2.05) is 0 Å². The topological polar surface area (TPSA) is 59.4 Å². The molecule has 2 rings (SSSR count). The normalized spacial score (nSPS) is 10.8. The maximum absolute atomic E-state index is 13.6. The molecule has 1 aromatic carbocycles. The number of carbonyl (C=O) groups is 1. The summed E-state index contributed by atoms with van der Waals surface area (Å²) in [5, 5.41) is 9.14. The molecule has 1 N–H and O–H groups in total. The Hall–Kier alpha value is -2.21. The molecule has 0 fully saturated rings. The van der Waals surface area contributed by atoms with Gasteiger partial charge in [0.05, 0.1) is 7.11 Å². The molecule has 0 atom stereocenters. The first-order valence-electron chi connectivity index (χ1n) is 5.31. The predicted molar refractivity (Wildman–Crippen MR) is 70.7 cm³/mol. The Labute approximate surface area is 112 Å². The van der Waals surface area contributed by atoms with Crippen LogP contribution in [0.1, 0.15) is 4.88 Å². The Morgan fingerprint density at radius 3 is 2.95 bits per heavy atom. The maximum atomic E-state index is 13.6. The number of halogens is 1. The molecular weight excluding hydrogens is 269 g/mol. The molecule has 0 bridgehead atoms. The summed E-state index contributed by atoms with van der Waals surface area (Å²) in [6.45, 7) is 0. The third kappa shape index (κ3) is 3.17. The number of hydrogen-bond acceptors (Lipinski definition) is 4. The highest BCUT2D eigenvalue weighted by molar-refractivity contribution is 7.15. The fourth-order valence-corrected chi connectivity index (χ4v) is 2.26. The Morgan fingerprint density at radius 1 is 1.53 bits per heavy atom. The molecule has 1 aromatic heterocycles. The minimum absolute atomic E-state index is 0.173. The number of hydrogen-bond donors (Lipinski definition) is 1. The first kappa shape index (κ1) is 13.2. The molecule has 0 saturated heterocycles. The lowest BCUT2D eigenvalue weighted by Crippen LogP contribution is -1.88. The molecule has 19 heavy (non-hydrogen) atoms. The van der Waals surface area contributed by atoms with E-state index in [0.29, 0.717) is 15.4 Å². The minimum atomic E-state index is -1.02. The average Bonchev–Trinajstić information content (AvgIpc) is 2.85. The van der Waals surface area contributed by atoms with Gasteiger partial charge in [-0.25, -0.2) is 14.2 Å². The SMILES string of the molecule is COc1ccc(-c2ncc(/C=C/C(=O)O)s2)cc1F. The van der Waals surface area contributed by atoms with Crippen molar-refractivity contribution in [1.29, 1.82) is 0 Å². The second-order valence-electron chi connectivity index (χ2n) is 3.59. The number of methoxy groups -OCH3 is 1. The van der Waals surface area contributed by atoms with Gasteiger partial charge in [0.25, 0.3) is 0 Å². The number of benzene rings is 1. The highest BCUT2D eigenvalue weighted by Crippen LogP contribution is 2.29. The molecule has 4 nitrogen and oxygen atoms in total. The quantitative estimate of drug-likeness (QED) is 0.874. The predicted octanol–water partition coefficient (Wildman–Crippen LogP) is 3.06. The summed E-state index contributed by atoms with van der Waals surface area (Å²) in [6, 6.07) is 4.56. The van der Waals surface area contributed by atoms with Crippen molar-refractivity contribution in [3.8, 4) is 16.3 Å². The van der Waals surface area contributed by atoms with Gasteiger partial charge in [0.15, 0.2) is 11.6 Å². The van der Waals surface area contributed by atoms with E-state index in [1.54, 1.807) is 12.3 Å². The van der Waals surface area contributed by atoms with Crippen molar-refractivity contribution >= 4 is 23.4 Å². The van der Waals surface area contributed by atoms with Crippen LogP contribution in [0.4, 0.5) is 4.39 Å². The van der Waals surface area contributed by atoms with E-state index in [9.17, 15) is 9.18 Å². The van der Waals surface area contributed by atoms with Gasteiger partial charge in [-0.2, -0.15) is 0 Å². The van der Waals surface area contributed by atoms with Crippen molar-refractivity contribution in [2.75, 3.05) is 7.11 Å². The Kier molecular flexibility index (Phi) is 3.91.